The summed E-state index contributed by atoms with van der Waals surface area (Å²) in [5.74, 6) is 2.68. The van der Waals surface area contributed by atoms with Gasteiger partial charge in [-0.05, 0) is 32.6 Å². The minimum Gasteiger partial charge on any atom is -0.370 e. The Hall–Kier alpha value is -1.32. The van der Waals surface area contributed by atoms with Crippen molar-refractivity contribution in [1.82, 2.24) is 9.97 Å². The van der Waals surface area contributed by atoms with Crippen LogP contribution >= 0.6 is 0 Å². The Labute approximate surface area is 111 Å². The van der Waals surface area contributed by atoms with Gasteiger partial charge in [0.25, 0.3) is 0 Å². The van der Waals surface area contributed by atoms with Crippen LogP contribution in [0.25, 0.3) is 0 Å². The Morgan fingerprint density at radius 3 is 2.06 bits per heavy atom. The molecule has 0 aliphatic heterocycles. The van der Waals surface area contributed by atoms with Crippen LogP contribution in [-0.4, -0.2) is 23.1 Å². The SMILES string of the molecule is CCNc1nc(C)nc(NCCC(C)(C)C)c1C. The molecule has 0 saturated carbocycles. The molecule has 1 rings (SSSR count). The van der Waals surface area contributed by atoms with Crippen LogP contribution < -0.4 is 10.6 Å². The van der Waals surface area contributed by atoms with Crippen molar-refractivity contribution in [2.75, 3.05) is 23.7 Å². The van der Waals surface area contributed by atoms with Crippen molar-refractivity contribution in [1.29, 1.82) is 0 Å². The third-order valence-corrected chi connectivity index (χ3v) is 2.77. The number of anilines is 2. The van der Waals surface area contributed by atoms with Gasteiger partial charge in [-0.1, -0.05) is 20.8 Å². The number of hydrogen-bond donors (Lipinski definition) is 2. The fraction of sp³-hybridized carbons (Fsp3) is 0.714. The van der Waals surface area contributed by atoms with E-state index < -0.39 is 0 Å². The molecule has 102 valence electrons. The van der Waals surface area contributed by atoms with Gasteiger partial charge in [-0.2, -0.15) is 0 Å². The molecule has 0 radical (unpaired) electrons. The summed E-state index contributed by atoms with van der Waals surface area (Å²) in [6, 6.07) is 0. The predicted molar refractivity (Wildman–Crippen MR) is 78.2 cm³/mol. The largest absolute Gasteiger partial charge is 0.370 e. The van der Waals surface area contributed by atoms with Gasteiger partial charge in [-0.3, -0.25) is 0 Å². The molecular formula is C14H26N4. The van der Waals surface area contributed by atoms with E-state index in [0.29, 0.717) is 5.41 Å². The normalized spacial score (nSPS) is 11.4. The maximum atomic E-state index is 4.47. The molecular weight excluding hydrogens is 224 g/mol. The average Bonchev–Trinajstić information content (AvgIpc) is 2.23. The van der Waals surface area contributed by atoms with E-state index in [1.54, 1.807) is 0 Å². The molecule has 1 aromatic rings. The van der Waals surface area contributed by atoms with E-state index in [1.165, 1.54) is 0 Å². The van der Waals surface area contributed by atoms with E-state index in [9.17, 15) is 0 Å². The summed E-state index contributed by atoms with van der Waals surface area (Å²) in [6.45, 7) is 14.6. The van der Waals surface area contributed by atoms with Crippen LogP contribution in [0.15, 0.2) is 0 Å². The second kappa shape index (κ2) is 6.03. The van der Waals surface area contributed by atoms with E-state index >= 15 is 0 Å². The van der Waals surface area contributed by atoms with Crippen molar-refractivity contribution in [2.45, 2.75) is 48.0 Å². The molecule has 0 fully saturated rings. The first kappa shape index (κ1) is 14.7. The van der Waals surface area contributed by atoms with Crippen LogP contribution in [0.3, 0.4) is 0 Å². The third-order valence-electron chi connectivity index (χ3n) is 2.77. The van der Waals surface area contributed by atoms with Gasteiger partial charge in [0.1, 0.15) is 17.5 Å². The van der Waals surface area contributed by atoms with Crippen LogP contribution in [0.4, 0.5) is 11.6 Å². The maximum Gasteiger partial charge on any atom is 0.134 e. The van der Waals surface area contributed by atoms with Gasteiger partial charge in [-0.25, -0.2) is 9.97 Å². The third kappa shape index (κ3) is 4.51. The number of aryl methyl sites for hydroxylation is 1. The lowest BCUT2D eigenvalue weighted by molar-refractivity contribution is 0.389. The molecule has 1 heterocycles. The molecule has 0 unspecified atom stereocenters. The molecule has 0 spiro atoms. The zero-order valence-corrected chi connectivity index (χ0v) is 12.5. The van der Waals surface area contributed by atoms with E-state index in [4.69, 9.17) is 0 Å². The fourth-order valence-electron chi connectivity index (χ4n) is 1.70. The number of nitrogens with zero attached hydrogens (tertiary/aromatic N) is 2. The summed E-state index contributed by atoms with van der Waals surface area (Å²) in [5, 5.41) is 6.69. The number of nitrogens with one attached hydrogen (secondary N) is 2. The van der Waals surface area contributed by atoms with Crippen molar-refractivity contribution in [3.05, 3.63) is 11.4 Å². The van der Waals surface area contributed by atoms with Crippen molar-refractivity contribution in [2.24, 2.45) is 5.41 Å². The van der Waals surface area contributed by atoms with Crippen molar-refractivity contribution >= 4 is 11.6 Å². The van der Waals surface area contributed by atoms with Crippen molar-refractivity contribution < 1.29 is 0 Å². The summed E-state index contributed by atoms with van der Waals surface area (Å²) in [4.78, 5) is 8.89. The number of aromatic nitrogens is 2. The van der Waals surface area contributed by atoms with Gasteiger partial charge in [0, 0.05) is 18.7 Å². The highest BCUT2D eigenvalue weighted by Gasteiger charge is 2.11. The van der Waals surface area contributed by atoms with E-state index in [0.717, 1.165) is 42.5 Å². The number of hydrogen-bond acceptors (Lipinski definition) is 4. The summed E-state index contributed by atoms with van der Waals surface area (Å²) in [6.07, 6.45) is 1.12. The highest BCUT2D eigenvalue weighted by atomic mass is 15.1. The molecule has 4 heteroatoms. The predicted octanol–water partition coefficient (Wildman–Crippen LogP) is 3.37. The minimum absolute atomic E-state index is 0.341. The van der Waals surface area contributed by atoms with Crippen LogP contribution in [0.5, 0.6) is 0 Å². The summed E-state index contributed by atoms with van der Waals surface area (Å²) < 4.78 is 0. The Morgan fingerprint density at radius 2 is 1.56 bits per heavy atom. The zero-order chi connectivity index (χ0) is 13.8. The molecule has 1 aromatic heterocycles. The molecule has 4 nitrogen and oxygen atoms in total. The molecule has 18 heavy (non-hydrogen) atoms. The van der Waals surface area contributed by atoms with E-state index in [1.807, 2.05) is 6.92 Å². The molecule has 0 bridgehead atoms. The second-order valence-corrected chi connectivity index (χ2v) is 5.86. The number of rotatable bonds is 5. The Morgan fingerprint density at radius 1 is 1.00 bits per heavy atom. The average molecular weight is 250 g/mol. The highest BCUT2D eigenvalue weighted by Crippen LogP contribution is 2.22. The second-order valence-electron chi connectivity index (χ2n) is 5.86. The highest BCUT2D eigenvalue weighted by molar-refractivity contribution is 5.57. The van der Waals surface area contributed by atoms with Crippen LogP contribution in [0, 0.1) is 19.3 Å². The van der Waals surface area contributed by atoms with Crippen molar-refractivity contribution in [3.8, 4) is 0 Å². The summed E-state index contributed by atoms with van der Waals surface area (Å²) in [5.41, 5.74) is 1.43. The molecule has 0 aliphatic carbocycles. The quantitative estimate of drug-likeness (QED) is 0.841. The first-order valence-corrected chi connectivity index (χ1v) is 6.66. The first-order valence-electron chi connectivity index (χ1n) is 6.66. The van der Waals surface area contributed by atoms with Gasteiger partial charge >= 0.3 is 0 Å². The van der Waals surface area contributed by atoms with Gasteiger partial charge in [0.2, 0.25) is 0 Å². The minimum atomic E-state index is 0.341. The smallest absolute Gasteiger partial charge is 0.134 e. The molecule has 2 N–H and O–H groups in total. The van der Waals surface area contributed by atoms with Crippen LogP contribution in [-0.2, 0) is 0 Å². The topological polar surface area (TPSA) is 49.8 Å². The van der Waals surface area contributed by atoms with Gasteiger partial charge in [0.15, 0.2) is 0 Å². The Kier molecular flexibility index (Phi) is 4.93. The monoisotopic (exact) mass is 250 g/mol. The molecule has 0 atom stereocenters. The summed E-state index contributed by atoms with van der Waals surface area (Å²) in [7, 11) is 0. The van der Waals surface area contributed by atoms with Gasteiger partial charge < -0.3 is 10.6 Å². The Balaban J connectivity index is 2.76. The standard InChI is InChI=1S/C14H26N4/c1-7-15-12-10(2)13(18-11(3)17-12)16-9-8-14(4,5)6/h7-9H2,1-6H3,(H2,15,16,17,18). The van der Waals surface area contributed by atoms with Crippen molar-refractivity contribution in [3.63, 3.8) is 0 Å². The zero-order valence-electron chi connectivity index (χ0n) is 12.5. The fourth-order valence-corrected chi connectivity index (χ4v) is 1.70. The summed E-state index contributed by atoms with van der Waals surface area (Å²) >= 11 is 0. The first-order chi connectivity index (χ1) is 8.33. The lowest BCUT2D eigenvalue weighted by Crippen LogP contribution is -2.15. The molecule has 0 saturated heterocycles. The maximum absolute atomic E-state index is 4.47. The molecule has 0 amide bonds. The van der Waals surface area contributed by atoms with Gasteiger partial charge in [-0.15, -0.1) is 0 Å². The molecule has 0 aromatic carbocycles. The lowest BCUT2D eigenvalue weighted by Gasteiger charge is -2.19. The van der Waals surface area contributed by atoms with E-state index in [2.05, 4.69) is 55.2 Å². The van der Waals surface area contributed by atoms with Gasteiger partial charge in [0.05, 0.1) is 0 Å². The van der Waals surface area contributed by atoms with Crippen LogP contribution in [0.2, 0.25) is 0 Å². The Bertz CT molecular complexity index is 394. The van der Waals surface area contributed by atoms with Crippen LogP contribution in [0.1, 0.15) is 45.5 Å². The van der Waals surface area contributed by atoms with E-state index in [-0.39, 0.29) is 0 Å². The molecule has 0 aliphatic rings. The lowest BCUT2D eigenvalue weighted by atomic mass is 9.92.